The van der Waals surface area contributed by atoms with Gasteiger partial charge in [0.2, 0.25) is 0 Å². The Balaban J connectivity index is 1.96. The lowest BCUT2D eigenvalue weighted by molar-refractivity contribution is -0.0158. The highest BCUT2D eigenvalue weighted by Crippen LogP contribution is 2.27. The second kappa shape index (κ2) is 16.3. The highest BCUT2D eigenvalue weighted by molar-refractivity contribution is 5.60. The summed E-state index contributed by atoms with van der Waals surface area (Å²) >= 11 is 0. The van der Waals surface area contributed by atoms with Crippen LogP contribution in [0.4, 0.5) is 4.79 Å². The molecule has 2 atom stereocenters. The van der Waals surface area contributed by atoms with E-state index in [1.54, 1.807) is 0 Å². The minimum absolute atomic E-state index is 0.122. The van der Waals surface area contributed by atoms with Gasteiger partial charge >= 0.3 is 6.16 Å². The van der Waals surface area contributed by atoms with Crippen molar-refractivity contribution in [3.8, 4) is 0 Å². The number of hydrogen-bond acceptors (Lipinski definition) is 7. The molecule has 0 fully saturated rings. The van der Waals surface area contributed by atoms with Crippen LogP contribution in [0.5, 0.6) is 0 Å². The maximum absolute atomic E-state index is 12.7. The van der Waals surface area contributed by atoms with Gasteiger partial charge in [-0.15, -0.1) is 0 Å². The largest absolute Gasteiger partial charge is 0.508 e. The zero-order valence-corrected chi connectivity index (χ0v) is 22.2. The van der Waals surface area contributed by atoms with Gasteiger partial charge in [0.05, 0.1) is 50.5 Å². The van der Waals surface area contributed by atoms with Crippen molar-refractivity contribution in [1.82, 2.24) is 0 Å². The van der Waals surface area contributed by atoms with E-state index in [1.165, 1.54) is 0 Å². The molecule has 2 rings (SSSR count). The first-order chi connectivity index (χ1) is 17.4. The van der Waals surface area contributed by atoms with E-state index in [2.05, 4.69) is 0 Å². The molecule has 0 amide bonds. The molecule has 0 spiro atoms. The molecule has 0 aliphatic heterocycles. The summed E-state index contributed by atoms with van der Waals surface area (Å²) in [6.07, 6.45) is -0.719. The van der Waals surface area contributed by atoms with Crippen LogP contribution in [0.15, 0.2) is 60.7 Å². The average Bonchev–Trinajstić information content (AvgIpc) is 2.91. The lowest BCUT2D eigenvalue weighted by Crippen LogP contribution is -2.38. The smallest absolute Gasteiger partial charge is 0.433 e. The fourth-order valence-corrected chi connectivity index (χ4v) is 3.70. The minimum atomic E-state index is -0.719. The number of carbonyl (C=O) groups excluding carboxylic acids is 1. The molecule has 200 valence electrons. The molecule has 0 aliphatic carbocycles. The second-order valence-corrected chi connectivity index (χ2v) is 9.18. The van der Waals surface area contributed by atoms with Gasteiger partial charge in [-0.25, -0.2) is 4.79 Å². The molecule has 36 heavy (non-hydrogen) atoms. The van der Waals surface area contributed by atoms with Crippen molar-refractivity contribution in [2.75, 3.05) is 66.1 Å². The van der Waals surface area contributed by atoms with Gasteiger partial charge in [-0.1, -0.05) is 60.7 Å². The number of ether oxygens (including phenoxy) is 6. The van der Waals surface area contributed by atoms with Crippen molar-refractivity contribution < 1.29 is 33.2 Å². The zero-order valence-electron chi connectivity index (χ0n) is 22.2. The first-order valence-electron chi connectivity index (χ1n) is 12.6. The number of rotatable bonds is 18. The summed E-state index contributed by atoms with van der Waals surface area (Å²) in [6, 6.07) is 19.8. The monoisotopic (exact) mass is 502 g/mol. The highest BCUT2D eigenvalue weighted by atomic mass is 16.7. The van der Waals surface area contributed by atoms with Gasteiger partial charge < -0.3 is 28.4 Å². The van der Waals surface area contributed by atoms with Gasteiger partial charge in [-0.3, -0.25) is 0 Å². The fraction of sp³-hybridized carbons (Fsp3) is 0.552. The van der Waals surface area contributed by atoms with E-state index in [0.29, 0.717) is 52.9 Å². The van der Waals surface area contributed by atoms with Crippen molar-refractivity contribution in [3.05, 3.63) is 71.8 Å². The zero-order chi connectivity index (χ0) is 26.1. The van der Waals surface area contributed by atoms with Crippen LogP contribution < -0.4 is 0 Å². The molecule has 0 bridgehead atoms. The molecule has 0 N–H and O–H groups in total. The molecule has 2 aromatic rings. The van der Waals surface area contributed by atoms with Gasteiger partial charge in [0, 0.05) is 13.2 Å². The number of hydrogen-bond donors (Lipinski definition) is 0. The van der Waals surface area contributed by atoms with Crippen molar-refractivity contribution in [2.45, 2.75) is 38.5 Å². The third kappa shape index (κ3) is 10.3. The van der Waals surface area contributed by atoms with E-state index in [9.17, 15) is 4.79 Å². The van der Waals surface area contributed by atoms with Gasteiger partial charge in [0.15, 0.2) is 0 Å². The second-order valence-electron chi connectivity index (χ2n) is 9.18. The Morgan fingerprint density at radius 3 is 1.31 bits per heavy atom. The van der Waals surface area contributed by atoms with Crippen LogP contribution in [0, 0.1) is 0 Å². The molecule has 7 nitrogen and oxygen atoms in total. The van der Waals surface area contributed by atoms with Crippen molar-refractivity contribution >= 4 is 6.16 Å². The summed E-state index contributed by atoms with van der Waals surface area (Å²) < 4.78 is 33.6. The summed E-state index contributed by atoms with van der Waals surface area (Å²) in [5.74, 6) is 0. The average molecular weight is 503 g/mol. The van der Waals surface area contributed by atoms with Crippen LogP contribution in [0.25, 0.3) is 0 Å². The maximum atomic E-state index is 12.7. The Hall–Kier alpha value is -2.45. The van der Waals surface area contributed by atoms with E-state index < -0.39 is 17.0 Å². The molecule has 0 heterocycles. The predicted octanol–water partition coefficient (Wildman–Crippen LogP) is 5.16. The third-order valence-corrected chi connectivity index (χ3v) is 5.95. The number of benzene rings is 2. The van der Waals surface area contributed by atoms with E-state index >= 15 is 0 Å². The van der Waals surface area contributed by atoms with Crippen molar-refractivity contribution in [1.29, 1.82) is 0 Å². The van der Waals surface area contributed by atoms with Crippen LogP contribution in [-0.2, 0) is 39.3 Å². The van der Waals surface area contributed by atoms with Crippen LogP contribution in [0.2, 0.25) is 0 Å². The molecule has 0 radical (unpaired) electrons. The van der Waals surface area contributed by atoms with Gasteiger partial charge in [-0.2, -0.15) is 0 Å². The van der Waals surface area contributed by atoms with Gasteiger partial charge in [-0.05, 0) is 38.8 Å². The van der Waals surface area contributed by atoms with Gasteiger partial charge in [0.1, 0.15) is 13.2 Å². The summed E-state index contributed by atoms with van der Waals surface area (Å²) in [5.41, 5.74) is 0.979. The molecular formula is C29H42O7. The Kier molecular flexibility index (Phi) is 13.5. The standard InChI is InChI=1S/C29H42O7/c1-5-31-17-19-33-21-28(3,25-13-9-7-10-14-25)23-35-27(30)36-24-29(4,22-34-20-18-32-6-2)26-15-11-8-12-16-26/h7-16H,5-6,17-24H2,1-4H3. The van der Waals surface area contributed by atoms with Crippen LogP contribution in [0.1, 0.15) is 38.8 Å². The first kappa shape index (κ1) is 29.8. The Morgan fingerprint density at radius 2 is 0.944 bits per heavy atom. The summed E-state index contributed by atoms with van der Waals surface area (Å²) in [7, 11) is 0. The Morgan fingerprint density at radius 1 is 0.583 bits per heavy atom. The van der Waals surface area contributed by atoms with E-state index in [0.717, 1.165) is 11.1 Å². The predicted molar refractivity (Wildman–Crippen MR) is 140 cm³/mol. The van der Waals surface area contributed by atoms with Crippen molar-refractivity contribution in [2.24, 2.45) is 0 Å². The molecule has 0 aromatic heterocycles. The first-order valence-corrected chi connectivity index (χ1v) is 12.6. The Labute approximate surface area is 216 Å². The minimum Gasteiger partial charge on any atom is -0.433 e. The Bertz CT molecular complexity index is 776. The van der Waals surface area contributed by atoms with Crippen LogP contribution in [0.3, 0.4) is 0 Å². The highest BCUT2D eigenvalue weighted by Gasteiger charge is 2.32. The van der Waals surface area contributed by atoms with Crippen molar-refractivity contribution in [3.63, 3.8) is 0 Å². The maximum Gasteiger partial charge on any atom is 0.508 e. The molecule has 2 unspecified atom stereocenters. The molecule has 0 saturated carbocycles. The lowest BCUT2D eigenvalue weighted by Gasteiger charge is -2.31. The van der Waals surface area contributed by atoms with E-state index in [1.807, 2.05) is 88.4 Å². The summed E-state index contributed by atoms with van der Waals surface area (Å²) in [4.78, 5) is 12.7. The molecule has 2 aromatic carbocycles. The van der Waals surface area contributed by atoms with E-state index in [4.69, 9.17) is 28.4 Å². The molecule has 0 aliphatic rings. The fourth-order valence-electron chi connectivity index (χ4n) is 3.70. The van der Waals surface area contributed by atoms with Crippen LogP contribution in [-0.4, -0.2) is 72.2 Å². The summed E-state index contributed by atoms with van der Waals surface area (Å²) in [5, 5.41) is 0. The molecule has 7 heteroatoms. The normalized spacial score (nSPS) is 14.6. The third-order valence-electron chi connectivity index (χ3n) is 5.95. The van der Waals surface area contributed by atoms with Crippen LogP contribution >= 0.6 is 0 Å². The molecular weight excluding hydrogens is 460 g/mol. The SMILES string of the molecule is CCOCCOCC(C)(COC(=O)OCC(C)(COCCOCC)c1ccccc1)c1ccccc1. The quantitative estimate of drug-likeness (QED) is 0.206. The molecule has 0 saturated heterocycles. The van der Waals surface area contributed by atoms with Gasteiger partial charge in [0.25, 0.3) is 0 Å². The van der Waals surface area contributed by atoms with E-state index in [-0.39, 0.29) is 13.2 Å². The number of carbonyl (C=O) groups is 1. The topological polar surface area (TPSA) is 72.5 Å². The summed E-state index contributed by atoms with van der Waals surface area (Å²) in [6.45, 7) is 12.2. The lowest BCUT2D eigenvalue weighted by atomic mass is 9.84.